The summed E-state index contributed by atoms with van der Waals surface area (Å²) in [4.78, 5) is 0. The summed E-state index contributed by atoms with van der Waals surface area (Å²) in [5, 5.41) is 0. The second-order valence-corrected chi connectivity index (χ2v) is 2.27. The van der Waals surface area contributed by atoms with E-state index in [-0.39, 0.29) is 0 Å². The Bertz CT molecular complexity index is 39.2. The van der Waals surface area contributed by atoms with Gasteiger partial charge in [-0.25, -0.2) is 0 Å². The highest BCUT2D eigenvalue weighted by molar-refractivity contribution is 6.45. The maximum atomic E-state index is 2.33. The number of unbranched alkanes of at least 4 members (excludes halogenated alkanes) is 1. The average molecular weight is 99.2 g/mol. The molecule has 0 N–H and O–H groups in total. The lowest BCUT2D eigenvalue weighted by Gasteiger charge is -1.75. The molecule has 6 heavy (non-hydrogen) atoms. The van der Waals surface area contributed by atoms with E-state index in [4.69, 9.17) is 0 Å². The SMILES string of the molecule is CCCC=[Si]C. The van der Waals surface area contributed by atoms with E-state index >= 15 is 0 Å². The smallest absolute Gasteiger partial charge is 0.0111 e. The zero-order chi connectivity index (χ0) is 4.83. The van der Waals surface area contributed by atoms with Crippen molar-refractivity contribution in [2.45, 2.75) is 26.3 Å². The summed E-state index contributed by atoms with van der Waals surface area (Å²) in [5.74, 6) is 0. The summed E-state index contributed by atoms with van der Waals surface area (Å²) in [7, 11) is 1.04. The fourth-order valence-corrected chi connectivity index (χ4v) is 0.866. The fourth-order valence-electron chi connectivity index (χ4n) is 0.289. The molecule has 0 bridgehead atoms. The van der Waals surface area contributed by atoms with Gasteiger partial charge in [-0.3, -0.25) is 0 Å². The van der Waals surface area contributed by atoms with Crippen LogP contribution in [0.2, 0.25) is 6.55 Å². The van der Waals surface area contributed by atoms with Crippen LogP contribution in [0, 0.1) is 0 Å². The molecule has 1 radical (unpaired) electrons. The molecule has 0 aromatic rings. The molecule has 0 unspecified atom stereocenters. The maximum absolute atomic E-state index is 2.33. The van der Waals surface area contributed by atoms with E-state index in [2.05, 4.69) is 19.1 Å². The topological polar surface area (TPSA) is 0 Å². The van der Waals surface area contributed by atoms with Crippen LogP contribution in [0.4, 0.5) is 0 Å². The van der Waals surface area contributed by atoms with Crippen molar-refractivity contribution in [1.82, 2.24) is 0 Å². The van der Waals surface area contributed by atoms with Gasteiger partial charge in [-0.2, -0.15) is 0 Å². The van der Waals surface area contributed by atoms with Crippen LogP contribution >= 0.6 is 0 Å². The molecule has 0 nitrogen and oxygen atoms in total. The number of hydrogen-bond donors (Lipinski definition) is 0. The standard InChI is InChI=1S/C5H11Si/c1-3-4-5-6-2/h5H,3-4H2,1-2H3. The molecule has 0 saturated heterocycles. The Morgan fingerprint density at radius 3 is 2.50 bits per heavy atom. The molecule has 0 spiro atoms. The predicted molar refractivity (Wildman–Crippen MR) is 32.6 cm³/mol. The Kier molecular flexibility index (Phi) is 5.16. The lowest BCUT2D eigenvalue weighted by Crippen LogP contribution is -1.74. The van der Waals surface area contributed by atoms with Crippen molar-refractivity contribution < 1.29 is 0 Å². The summed E-state index contributed by atoms with van der Waals surface area (Å²) in [6, 6.07) is 0. The van der Waals surface area contributed by atoms with Gasteiger partial charge in [0, 0.05) is 9.13 Å². The highest BCUT2D eigenvalue weighted by Crippen LogP contribution is 1.75. The first-order chi connectivity index (χ1) is 2.91. The normalized spacial score (nSPS) is 10.3. The zero-order valence-electron chi connectivity index (χ0n) is 4.49. The maximum Gasteiger partial charge on any atom is 0.0111 e. The molecule has 0 aromatic carbocycles. The lowest BCUT2D eigenvalue weighted by molar-refractivity contribution is 1.02. The van der Waals surface area contributed by atoms with Crippen LogP contribution in [-0.4, -0.2) is 14.8 Å². The van der Waals surface area contributed by atoms with Crippen LogP contribution in [0.25, 0.3) is 0 Å². The Morgan fingerprint density at radius 1 is 1.67 bits per heavy atom. The number of hydrogen-bond acceptors (Lipinski definition) is 0. The molecule has 0 aromatic heterocycles. The van der Waals surface area contributed by atoms with Gasteiger partial charge in [-0.05, 0) is 6.42 Å². The third-order valence-corrected chi connectivity index (χ3v) is 1.33. The largest absolute Gasteiger partial charge is 0.104 e. The van der Waals surface area contributed by atoms with Crippen molar-refractivity contribution in [2.75, 3.05) is 0 Å². The van der Waals surface area contributed by atoms with E-state index in [0.29, 0.717) is 0 Å². The molecule has 0 rings (SSSR count). The van der Waals surface area contributed by atoms with Crippen LogP contribution in [0.3, 0.4) is 0 Å². The van der Waals surface area contributed by atoms with Gasteiger partial charge in [-0.1, -0.05) is 19.9 Å². The Labute approximate surface area is 42.0 Å². The van der Waals surface area contributed by atoms with Crippen LogP contribution in [-0.2, 0) is 0 Å². The van der Waals surface area contributed by atoms with Gasteiger partial charge in [-0.15, -0.1) is 5.67 Å². The van der Waals surface area contributed by atoms with Gasteiger partial charge in [0.2, 0.25) is 0 Å². The first-order valence-corrected chi connectivity index (χ1v) is 3.98. The van der Waals surface area contributed by atoms with E-state index in [9.17, 15) is 0 Å². The van der Waals surface area contributed by atoms with Crippen LogP contribution < -0.4 is 0 Å². The van der Waals surface area contributed by atoms with E-state index < -0.39 is 0 Å². The molecular weight excluding hydrogens is 88.1 g/mol. The van der Waals surface area contributed by atoms with Crippen LogP contribution in [0.1, 0.15) is 19.8 Å². The second kappa shape index (κ2) is 5.09. The molecule has 0 heterocycles. The summed E-state index contributed by atoms with van der Waals surface area (Å²) in [6.07, 6.45) is 2.61. The zero-order valence-corrected chi connectivity index (χ0v) is 5.49. The van der Waals surface area contributed by atoms with Gasteiger partial charge < -0.3 is 0 Å². The third-order valence-electron chi connectivity index (χ3n) is 0.637. The molecule has 0 fully saturated rings. The van der Waals surface area contributed by atoms with Crippen molar-refractivity contribution in [2.24, 2.45) is 0 Å². The van der Waals surface area contributed by atoms with E-state index in [0.717, 1.165) is 9.13 Å². The first-order valence-electron chi connectivity index (χ1n) is 2.40. The van der Waals surface area contributed by atoms with Gasteiger partial charge in [0.25, 0.3) is 0 Å². The van der Waals surface area contributed by atoms with Gasteiger partial charge in [0.05, 0.1) is 0 Å². The van der Waals surface area contributed by atoms with Crippen molar-refractivity contribution in [3.8, 4) is 0 Å². The quantitative estimate of drug-likeness (QED) is 0.458. The Hall–Kier alpha value is 0.0869. The molecule has 0 atom stereocenters. The molecule has 0 aliphatic heterocycles. The van der Waals surface area contributed by atoms with E-state index in [1.165, 1.54) is 12.8 Å². The van der Waals surface area contributed by atoms with Crippen molar-refractivity contribution in [1.29, 1.82) is 0 Å². The second-order valence-electron chi connectivity index (χ2n) is 1.28. The third kappa shape index (κ3) is 4.09. The molecule has 0 saturated carbocycles. The monoisotopic (exact) mass is 99.1 g/mol. The van der Waals surface area contributed by atoms with E-state index in [1.54, 1.807) is 0 Å². The molecule has 0 aliphatic rings. The van der Waals surface area contributed by atoms with Crippen molar-refractivity contribution >= 4 is 14.8 Å². The fraction of sp³-hybridized carbons (Fsp3) is 0.800. The molecular formula is C5H11Si. The minimum Gasteiger partial charge on any atom is -0.104 e. The summed E-state index contributed by atoms with van der Waals surface area (Å²) in [5.41, 5.74) is 2.33. The number of rotatable bonds is 2. The van der Waals surface area contributed by atoms with Gasteiger partial charge in [0.1, 0.15) is 0 Å². The minimum absolute atomic E-state index is 1.04. The highest BCUT2D eigenvalue weighted by atomic mass is 28.2. The van der Waals surface area contributed by atoms with Crippen LogP contribution in [0.5, 0.6) is 0 Å². The predicted octanol–water partition coefficient (Wildman–Crippen LogP) is 1.34. The molecule has 1 heteroatoms. The summed E-state index contributed by atoms with van der Waals surface area (Å²) in [6.45, 7) is 4.41. The summed E-state index contributed by atoms with van der Waals surface area (Å²) >= 11 is 0. The molecule has 0 aliphatic carbocycles. The first kappa shape index (κ1) is 6.09. The van der Waals surface area contributed by atoms with Crippen molar-refractivity contribution in [3.05, 3.63) is 0 Å². The van der Waals surface area contributed by atoms with Gasteiger partial charge in [0.15, 0.2) is 0 Å². The van der Waals surface area contributed by atoms with E-state index in [1.807, 2.05) is 0 Å². The summed E-state index contributed by atoms with van der Waals surface area (Å²) < 4.78 is 0. The van der Waals surface area contributed by atoms with Gasteiger partial charge >= 0.3 is 0 Å². The highest BCUT2D eigenvalue weighted by Gasteiger charge is 1.65. The minimum atomic E-state index is 1.04. The van der Waals surface area contributed by atoms with Crippen molar-refractivity contribution in [3.63, 3.8) is 0 Å². The Morgan fingerprint density at radius 2 is 2.33 bits per heavy atom. The lowest BCUT2D eigenvalue weighted by atomic mass is 10.4. The molecule has 0 amide bonds. The van der Waals surface area contributed by atoms with Crippen LogP contribution in [0.15, 0.2) is 0 Å². The molecule has 35 valence electrons. The Balaban J connectivity index is 2.66. The average Bonchev–Trinajstić information content (AvgIpc) is 1.61.